The van der Waals surface area contributed by atoms with Crippen LogP contribution in [0.3, 0.4) is 0 Å². The monoisotopic (exact) mass is 305 g/mol. The van der Waals surface area contributed by atoms with Gasteiger partial charge in [-0.1, -0.05) is 18.2 Å². The van der Waals surface area contributed by atoms with Gasteiger partial charge in [-0.15, -0.1) is 0 Å². The second-order valence-corrected chi connectivity index (χ2v) is 5.90. The number of nitrogens with one attached hydrogen (secondary N) is 1. The lowest BCUT2D eigenvalue weighted by Crippen LogP contribution is -2.47. The maximum atomic E-state index is 11.8. The summed E-state index contributed by atoms with van der Waals surface area (Å²) in [4.78, 5) is 16.6. The molecule has 0 spiro atoms. The second kappa shape index (κ2) is 8.76. The summed E-state index contributed by atoms with van der Waals surface area (Å²) < 4.78 is 0. The van der Waals surface area contributed by atoms with Crippen molar-refractivity contribution in [2.24, 2.45) is 0 Å². The van der Waals surface area contributed by atoms with Gasteiger partial charge in [0.25, 0.3) is 0 Å². The normalized spacial score (nSPS) is 17.3. The molecule has 0 unspecified atom stereocenters. The van der Waals surface area contributed by atoms with E-state index in [0.717, 1.165) is 32.7 Å². The third-order valence-electron chi connectivity index (χ3n) is 4.12. The van der Waals surface area contributed by atoms with Crippen LogP contribution in [0.15, 0.2) is 30.3 Å². The van der Waals surface area contributed by atoms with Crippen molar-refractivity contribution in [3.8, 4) is 0 Å². The van der Waals surface area contributed by atoms with Gasteiger partial charge in [-0.3, -0.25) is 9.69 Å². The maximum absolute atomic E-state index is 11.8. The van der Waals surface area contributed by atoms with E-state index in [-0.39, 0.29) is 18.6 Å². The molecule has 0 aliphatic carbocycles. The smallest absolute Gasteiger partial charge is 0.221 e. The van der Waals surface area contributed by atoms with Crippen molar-refractivity contribution < 1.29 is 9.90 Å². The lowest BCUT2D eigenvalue weighted by atomic mass is 10.2. The number of aliphatic hydroxyl groups excluding tert-OH is 1. The van der Waals surface area contributed by atoms with Crippen LogP contribution >= 0.6 is 0 Å². The summed E-state index contributed by atoms with van der Waals surface area (Å²) >= 11 is 0. The SMILES string of the molecule is C[C@H](CCO)NC(=O)CCN1CCN(c2ccccc2)CC1. The van der Waals surface area contributed by atoms with Crippen LogP contribution in [0.5, 0.6) is 0 Å². The van der Waals surface area contributed by atoms with E-state index in [2.05, 4.69) is 39.4 Å². The van der Waals surface area contributed by atoms with Crippen molar-refractivity contribution in [2.75, 3.05) is 44.2 Å². The minimum Gasteiger partial charge on any atom is -0.396 e. The van der Waals surface area contributed by atoms with Gasteiger partial charge in [0, 0.05) is 57.5 Å². The first-order chi connectivity index (χ1) is 10.7. The summed E-state index contributed by atoms with van der Waals surface area (Å²) in [6.07, 6.45) is 1.14. The molecule has 1 aliphatic rings. The fourth-order valence-corrected chi connectivity index (χ4v) is 2.74. The van der Waals surface area contributed by atoms with Gasteiger partial charge in [-0.05, 0) is 25.5 Å². The minimum absolute atomic E-state index is 0.0485. The van der Waals surface area contributed by atoms with Crippen LogP contribution in [0, 0.1) is 0 Å². The van der Waals surface area contributed by atoms with Gasteiger partial charge in [0.1, 0.15) is 0 Å². The molecule has 122 valence electrons. The van der Waals surface area contributed by atoms with E-state index in [4.69, 9.17) is 5.11 Å². The van der Waals surface area contributed by atoms with Crippen LogP contribution in [0.4, 0.5) is 5.69 Å². The highest BCUT2D eigenvalue weighted by Gasteiger charge is 2.17. The number of piperazine rings is 1. The lowest BCUT2D eigenvalue weighted by Gasteiger charge is -2.36. The molecule has 0 aromatic heterocycles. The second-order valence-electron chi connectivity index (χ2n) is 5.90. The predicted octanol–water partition coefficient (Wildman–Crippen LogP) is 1.09. The number of para-hydroxylation sites is 1. The van der Waals surface area contributed by atoms with Gasteiger partial charge in [0.2, 0.25) is 5.91 Å². The number of carbonyl (C=O) groups excluding carboxylic acids is 1. The van der Waals surface area contributed by atoms with Crippen molar-refractivity contribution >= 4 is 11.6 Å². The first kappa shape index (κ1) is 16.8. The zero-order chi connectivity index (χ0) is 15.8. The average Bonchev–Trinajstić information content (AvgIpc) is 2.54. The number of nitrogens with zero attached hydrogens (tertiary/aromatic N) is 2. The standard InChI is InChI=1S/C17H27N3O2/c1-15(8-14-21)18-17(22)7-9-19-10-12-20(13-11-19)16-5-3-2-4-6-16/h2-6,15,21H,7-14H2,1H3,(H,18,22)/t15-/m1/s1. The van der Waals surface area contributed by atoms with Crippen LogP contribution in [-0.4, -0.2) is 61.3 Å². The van der Waals surface area contributed by atoms with Crippen molar-refractivity contribution in [2.45, 2.75) is 25.8 Å². The molecule has 1 aromatic rings. The first-order valence-corrected chi connectivity index (χ1v) is 8.11. The van der Waals surface area contributed by atoms with E-state index < -0.39 is 0 Å². The average molecular weight is 305 g/mol. The molecule has 0 bridgehead atoms. The first-order valence-electron chi connectivity index (χ1n) is 8.11. The highest BCUT2D eigenvalue weighted by molar-refractivity contribution is 5.76. The van der Waals surface area contributed by atoms with Crippen molar-refractivity contribution in [3.63, 3.8) is 0 Å². The van der Waals surface area contributed by atoms with E-state index in [9.17, 15) is 4.79 Å². The van der Waals surface area contributed by atoms with E-state index in [0.29, 0.717) is 12.8 Å². The Morgan fingerprint density at radius 3 is 2.55 bits per heavy atom. The Morgan fingerprint density at radius 2 is 1.91 bits per heavy atom. The molecule has 1 saturated heterocycles. The summed E-state index contributed by atoms with van der Waals surface area (Å²) in [5, 5.41) is 11.8. The molecule has 1 heterocycles. The molecule has 2 rings (SSSR count). The third kappa shape index (κ3) is 5.31. The van der Waals surface area contributed by atoms with Crippen LogP contribution in [0.25, 0.3) is 0 Å². The highest BCUT2D eigenvalue weighted by Crippen LogP contribution is 2.15. The van der Waals surface area contributed by atoms with E-state index in [1.165, 1.54) is 5.69 Å². The third-order valence-corrected chi connectivity index (χ3v) is 4.12. The quantitative estimate of drug-likeness (QED) is 0.792. The molecule has 1 aliphatic heterocycles. The maximum Gasteiger partial charge on any atom is 0.221 e. The molecule has 1 atom stereocenters. The van der Waals surface area contributed by atoms with Gasteiger partial charge in [0.15, 0.2) is 0 Å². The van der Waals surface area contributed by atoms with Crippen LogP contribution < -0.4 is 10.2 Å². The highest BCUT2D eigenvalue weighted by atomic mass is 16.3. The van der Waals surface area contributed by atoms with Crippen LogP contribution in [-0.2, 0) is 4.79 Å². The predicted molar refractivity (Wildman–Crippen MR) is 89.0 cm³/mol. The molecule has 2 N–H and O–H groups in total. The van der Waals surface area contributed by atoms with Gasteiger partial charge < -0.3 is 15.3 Å². The molecular weight excluding hydrogens is 278 g/mol. The number of aliphatic hydroxyl groups is 1. The van der Waals surface area contributed by atoms with E-state index >= 15 is 0 Å². The number of hydrogen-bond donors (Lipinski definition) is 2. The number of anilines is 1. The number of hydrogen-bond acceptors (Lipinski definition) is 4. The summed E-state index contributed by atoms with van der Waals surface area (Å²) in [5.74, 6) is 0.0754. The molecule has 1 fully saturated rings. The molecule has 1 amide bonds. The fourth-order valence-electron chi connectivity index (χ4n) is 2.74. The topological polar surface area (TPSA) is 55.8 Å². The van der Waals surface area contributed by atoms with Crippen LogP contribution in [0.2, 0.25) is 0 Å². The van der Waals surface area contributed by atoms with Gasteiger partial charge in [-0.2, -0.15) is 0 Å². The Kier molecular flexibility index (Phi) is 6.68. The van der Waals surface area contributed by atoms with Crippen molar-refractivity contribution in [3.05, 3.63) is 30.3 Å². The summed E-state index contributed by atoms with van der Waals surface area (Å²) in [5.41, 5.74) is 1.28. The Morgan fingerprint density at radius 1 is 1.23 bits per heavy atom. The Labute approximate surface area is 132 Å². The Hall–Kier alpha value is -1.59. The summed E-state index contributed by atoms with van der Waals surface area (Å²) in [6.45, 7) is 6.85. The molecular formula is C17H27N3O2. The zero-order valence-corrected chi connectivity index (χ0v) is 13.4. The van der Waals surface area contributed by atoms with Gasteiger partial charge in [-0.25, -0.2) is 0 Å². The molecule has 1 aromatic carbocycles. The van der Waals surface area contributed by atoms with Crippen molar-refractivity contribution in [1.82, 2.24) is 10.2 Å². The minimum atomic E-state index is 0.0485. The van der Waals surface area contributed by atoms with Crippen molar-refractivity contribution in [1.29, 1.82) is 0 Å². The Bertz CT molecular complexity index is 444. The number of amides is 1. The molecule has 22 heavy (non-hydrogen) atoms. The lowest BCUT2D eigenvalue weighted by molar-refractivity contribution is -0.122. The molecule has 5 heteroatoms. The summed E-state index contributed by atoms with van der Waals surface area (Å²) in [7, 11) is 0. The van der Waals surface area contributed by atoms with Crippen LogP contribution in [0.1, 0.15) is 19.8 Å². The molecule has 0 radical (unpaired) electrons. The number of carbonyl (C=O) groups is 1. The van der Waals surface area contributed by atoms with Gasteiger partial charge >= 0.3 is 0 Å². The number of rotatable bonds is 7. The molecule has 5 nitrogen and oxygen atoms in total. The summed E-state index contributed by atoms with van der Waals surface area (Å²) in [6, 6.07) is 10.5. The van der Waals surface area contributed by atoms with Gasteiger partial charge in [0.05, 0.1) is 0 Å². The van der Waals surface area contributed by atoms with E-state index in [1.54, 1.807) is 0 Å². The fraction of sp³-hybridized carbons (Fsp3) is 0.588. The molecule has 0 saturated carbocycles. The Balaban J connectivity index is 1.66. The largest absolute Gasteiger partial charge is 0.396 e. The zero-order valence-electron chi connectivity index (χ0n) is 13.4. The van der Waals surface area contributed by atoms with E-state index in [1.807, 2.05) is 13.0 Å². The number of benzene rings is 1.